The second kappa shape index (κ2) is 10.3. The van der Waals surface area contributed by atoms with Gasteiger partial charge in [-0.3, -0.25) is 10.9 Å². The lowest BCUT2D eigenvalue weighted by molar-refractivity contribution is -0.0548. The number of benzene rings is 2. The summed E-state index contributed by atoms with van der Waals surface area (Å²) >= 11 is 0. The first kappa shape index (κ1) is 19.5. The van der Waals surface area contributed by atoms with Gasteiger partial charge in [0, 0.05) is 0 Å². The quantitative estimate of drug-likeness (QED) is 0.288. The molecule has 0 saturated heterocycles. The Bertz CT molecular complexity index is 710. The van der Waals surface area contributed by atoms with Gasteiger partial charge in [-0.25, -0.2) is 0 Å². The minimum absolute atomic E-state index is 0.0303. The van der Waals surface area contributed by atoms with Gasteiger partial charge in [0.1, 0.15) is 24.0 Å². The van der Waals surface area contributed by atoms with Crippen LogP contribution in [0.1, 0.15) is 0 Å². The Morgan fingerprint density at radius 2 is 1.42 bits per heavy atom. The number of nitrogens with one attached hydrogen (secondary N) is 2. The van der Waals surface area contributed by atoms with E-state index >= 15 is 0 Å². The predicted octanol–water partition coefficient (Wildman–Crippen LogP) is 0.627. The monoisotopic (exact) mass is 358 g/mol. The van der Waals surface area contributed by atoms with E-state index in [0.717, 1.165) is 5.69 Å². The fraction of sp³-hybridized carbons (Fsp3) is 0.222. The number of aliphatic hydroxyl groups excluding tert-OH is 4. The molecule has 0 fully saturated rings. The van der Waals surface area contributed by atoms with Crippen LogP contribution in [0.15, 0.2) is 70.9 Å². The Kier molecular flexibility index (Phi) is 7.72. The van der Waals surface area contributed by atoms with Gasteiger partial charge in [-0.2, -0.15) is 10.2 Å². The number of anilines is 2. The van der Waals surface area contributed by atoms with Gasteiger partial charge in [-0.05, 0) is 24.3 Å². The van der Waals surface area contributed by atoms with Crippen LogP contribution >= 0.6 is 0 Å². The fourth-order valence-corrected chi connectivity index (χ4v) is 1.99. The second-order valence-electron chi connectivity index (χ2n) is 5.44. The van der Waals surface area contributed by atoms with Crippen molar-refractivity contribution in [1.82, 2.24) is 0 Å². The summed E-state index contributed by atoms with van der Waals surface area (Å²) in [6, 6.07) is 18.1. The number of hydrazone groups is 2. The molecular formula is C18H22N4O4. The van der Waals surface area contributed by atoms with Crippen molar-refractivity contribution in [3.05, 3.63) is 60.7 Å². The van der Waals surface area contributed by atoms with Gasteiger partial charge >= 0.3 is 0 Å². The SMILES string of the molecule is OCC(O)C(O)C(O)C(/C=N\Nc1ccccc1)=N/Nc1ccccc1. The van der Waals surface area contributed by atoms with Gasteiger partial charge in [-0.15, -0.1) is 0 Å². The molecule has 26 heavy (non-hydrogen) atoms. The predicted molar refractivity (Wildman–Crippen MR) is 101 cm³/mol. The summed E-state index contributed by atoms with van der Waals surface area (Å²) in [5.74, 6) is 0. The first-order valence-electron chi connectivity index (χ1n) is 7.99. The number of aliphatic hydroxyl groups is 4. The average Bonchev–Trinajstić information content (AvgIpc) is 2.70. The molecule has 0 aliphatic carbocycles. The maximum Gasteiger partial charge on any atom is 0.128 e. The summed E-state index contributed by atoms with van der Waals surface area (Å²) in [5.41, 5.74) is 6.87. The molecule has 0 bridgehead atoms. The third-order valence-electron chi connectivity index (χ3n) is 3.46. The molecule has 8 nitrogen and oxygen atoms in total. The standard InChI is InChI=1S/C18H22N4O4/c23-12-16(24)18(26)17(25)15(22-21-14-9-5-2-6-10-14)11-19-20-13-7-3-1-4-8-13/h1-11,16-18,20-21,23-26H,12H2/b19-11-,22-15+. The number of hydrogen-bond donors (Lipinski definition) is 6. The number of nitrogens with zero attached hydrogens (tertiary/aromatic N) is 2. The highest BCUT2D eigenvalue weighted by molar-refractivity contribution is 6.33. The molecule has 8 heteroatoms. The van der Waals surface area contributed by atoms with E-state index in [1.807, 2.05) is 36.4 Å². The second-order valence-corrected chi connectivity index (χ2v) is 5.44. The highest BCUT2D eigenvalue weighted by Crippen LogP contribution is 2.08. The molecule has 6 N–H and O–H groups in total. The largest absolute Gasteiger partial charge is 0.394 e. The van der Waals surface area contributed by atoms with Crippen LogP contribution in [0.4, 0.5) is 11.4 Å². The van der Waals surface area contributed by atoms with Crippen molar-refractivity contribution in [1.29, 1.82) is 0 Å². The van der Waals surface area contributed by atoms with Crippen LogP contribution < -0.4 is 10.9 Å². The minimum Gasteiger partial charge on any atom is -0.394 e. The third kappa shape index (κ3) is 5.94. The molecule has 0 saturated carbocycles. The number of hydrogen-bond acceptors (Lipinski definition) is 8. The van der Waals surface area contributed by atoms with E-state index in [4.69, 9.17) is 5.11 Å². The molecule has 0 radical (unpaired) electrons. The summed E-state index contributed by atoms with van der Waals surface area (Å²) in [5, 5.41) is 46.7. The van der Waals surface area contributed by atoms with Crippen LogP contribution in [0.5, 0.6) is 0 Å². The summed E-state index contributed by atoms with van der Waals surface area (Å²) in [4.78, 5) is 0. The van der Waals surface area contributed by atoms with Crippen molar-refractivity contribution < 1.29 is 20.4 Å². The Morgan fingerprint density at radius 1 is 0.885 bits per heavy atom. The van der Waals surface area contributed by atoms with Crippen LogP contribution in [0.3, 0.4) is 0 Å². The summed E-state index contributed by atoms with van der Waals surface area (Å²) in [6.07, 6.45) is -3.47. The molecule has 0 aromatic heterocycles. The van der Waals surface area contributed by atoms with E-state index < -0.39 is 24.9 Å². The van der Waals surface area contributed by atoms with Crippen LogP contribution in [0, 0.1) is 0 Å². The molecule has 0 heterocycles. The Hall–Kier alpha value is -2.78. The van der Waals surface area contributed by atoms with Gasteiger partial charge in [0.2, 0.25) is 0 Å². The lowest BCUT2D eigenvalue weighted by atomic mass is 10.0. The molecule has 0 aliphatic rings. The zero-order chi connectivity index (χ0) is 18.8. The van der Waals surface area contributed by atoms with Gasteiger partial charge in [0.05, 0.1) is 24.2 Å². The molecule has 0 aliphatic heterocycles. The van der Waals surface area contributed by atoms with Crippen LogP contribution in [-0.2, 0) is 0 Å². The van der Waals surface area contributed by atoms with Gasteiger partial charge in [-0.1, -0.05) is 36.4 Å². The zero-order valence-electron chi connectivity index (χ0n) is 14.0. The van der Waals surface area contributed by atoms with E-state index in [9.17, 15) is 15.3 Å². The Balaban J connectivity index is 2.14. The van der Waals surface area contributed by atoms with Crippen LogP contribution in [-0.4, -0.2) is 57.3 Å². The third-order valence-corrected chi connectivity index (χ3v) is 3.46. The Labute approximate surface area is 151 Å². The maximum atomic E-state index is 10.2. The van der Waals surface area contributed by atoms with E-state index in [0.29, 0.717) is 5.69 Å². The zero-order valence-corrected chi connectivity index (χ0v) is 14.0. The topological polar surface area (TPSA) is 130 Å². The average molecular weight is 358 g/mol. The molecule has 2 aromatic carbocycles. The van der Waals surface area contributed by atoms with E-state index in [1.54, 1.807) is 24.3 Å². The van der Waals surface area contributed by atoms with Gasteiger partial charge in [0.15, 0.2) is 0 Å². The van der Waals surface area contributed by atoms with Gasteiger partial charge in [0.25, 0.3) is 0 Å². The van der Waals surface area contributed by atoms with Crippen molar-refractivity contribution in [3.63, 3.8) is 0 Å². The van der Waals surface area contributed by atoms with Crippen LogP contribution in [0.2, 0.25) is 0 Å². The first-order valence-corrected chi connectivity index (χ1v) is 7.99. The molecule has 0 spiro atoms. The molecular weight excluding hydrogens is 336 g/mol. The molecule has 0 amide bonds. The minimum atomic E-state index is -1.63. The molecule has 2 aromatic rings. The molecule has 3 atom stereocenters. The van der Waals surface area contributed by atoms with Crippen molar-refractivity contribution in [3.8, 4) is 0 Å². The maximum absolute atomic E-state index is 10.2. The van der Waals surface area contributed by atoms with Gasteiger partial charge < -0.3 is 20.4 Å². The van der Waals surface area contributed by atoms with Crippen molar-refractivity contribution in [2.75, 3.05) is 17.5 Å². The fourth-order valence-electron chi connectivity index (χ4n) is 1.99. The highest BCUT2D eigenvalue weighted by Gasteiger charge is 2.27. The lowest BCUT2D eigenvalue weighted by Gasteiger charge is -2.21. The van der Waals surface area contributed by atoms with Crippen molar-refractivity contribution in [2.24, 2.45) is 10.2 Å². The molecule has 2 rings (SSSR count). The van der Waals surface area contributed by atoms with E-state index in [-0.39, 0.29) is 5.71 Å². The molecule has 3 unspecified atom stereocenters. The Morgan fingerprint density at radius 3 is 1.96 bits per heavy atom. The normalized spacial score (nSPS) is 15.5. The molecule has 138 valence electrons. The van der Waals surface area contributed by atoms with Crippen LogP contribution in [0.25, 0.3) is 0 Å². The summed E-state index contributed by atoms with van der Waals surface area (Å²) in [7, 11) is 0. The number of rotatable bonds is 9. The van der Waals surface area contributed by atoms with E-state index in [1.165, 1.54) is 6.21 Å². The van der Waals surface area contributed by atoms with E-state index in [2.05, 4.69) is 21.1 Å². The first-order chi connectivity index (χ1) is 12.6. The number of para-hydroxylation sites is 2. The summed E-state index contributed by atoms with van der Waals surface area (Å²) < 4.78 is 0. The highest BCUT2D eigenvalue weighted by atomic mass is 16.4. The smallest absolute Gasteiger partial charge is 0.128 e. The van der Waals surface area contributed by atoms with Crippen molar-refractivity contribution >= 4 is 23.3 Å². The van der Waals surface area contributed by atoms with Crippen molar-refractivity contribution in [2.45, 2.75) is 18.3 Å². The lowest BCUT2D eigenvalue weighted by Crippen LogP contribution is -2.44. The summed E-state index contributed by atoms with van der Waals surface area (Å²) in [6.45, 7) is -0.697.